The molecule has 274 valence electrons. The number of benzene rings is 9. The van der Waals surface area contributed by atoms with Gasteiger partial charge in [0, 0.05) is 72.7 Å². The second-order valence-electron chi connectivity index (χ2n) is 14.9. The number of nitrogens with zero attached hydrogens (tertiary/aromatic N) is 2. The lowest BCUT2D eigenvalue weighted by molar-refractivity contribution is 1.15. The Bertz CT molecular complexity index is 3410. The van der Waals surface area contributed by atoms with Crippen LogP contribution in [0, 0.1) is 0 Å². The largest absolute Gasteiger partial charge is 0.309 e. The minimum Gasteiger partial charge on any atom is -0.309 e. The van der Waals surface area contributed by atoms with Crippen molar-refractivity contribution >= 4 is 85.1 Å². The number of fused-ring (bicyclic) bond motifs is 10. The SMILES string of the molecule is c1ccc(S(c2ccccc2)(c2ccc(-n3c4ccccc4c4ccccc43)cc2)c2cccc(-n3c4ccccc4c4ccc5sc6ccccc6c5c43)c2)cc1. The molecule has 0 N–H and O–H groups in total. The summed E-state index contributed by atoms with van der Waals surface area (Å²) < 4.78 is 7.57. The van der Waals surface area contributed by atoms with Crippen molar-refractivity contribution in [2.75, 3.05) is 0 Å². The Morgan fingerprint density at radius 1 is 0.310 bits per heavy atom. The third-order valence-corrected chi connectivity index (χ3v) is 16.9. The summed E-state index contributed by atoms with van der Waals surface area (Å²) in [5.41, 5.74) is 7.23. The molecule has 0 bridgehead atoms. The molecule has 0 aliphatic heterocycles. The number of aromatic nitrogens is 2. The minimum absolute atomic E-state index is 1.15. The zero-order valence-electron chi connectivity index (χ0n) is 31.5. The fraction of sp³-hybridized carbons (Fsp3) is 0. The van der Waals surface area contributed by atoms with E-state index in [1.165, 1.54) is 83.4 Å². The molecular formula is C54H36N2S2. The van der Waals surface area contributed by atoms with E-state index in [0.717, 1.165) is 11.4 Å². The highest BCUT2D eigenvalue weighted by atomic mass is 32.3. The number of hydrogen-bond acceptors (Lipinski definition) is 1. The number of thiophene rings is 1. The average molecular weight is 777 g/mol. The maximum atomic E-state index is 2.53. The maximum Gasteiger partial charge on any atom is 0.0634 e. The first-order chi connectivity index (χ1) is 28.8. The lowest BCUT2D eigenvalue weighted by atomic mass is 10.1. The molecule has 12 rings (SSSR count). The Labute approximate surface area is 341 Å². The van der Waals surface area contributed by atoms with Gasteiger partial charge in [-0.1, -0.05) is 121 Å². The molecule has 0 saturated carbocycles. The van der Waals surface area contributed by atoms with E-state index in [1.54, 1.807) is 0 Å². The van der Waals surface area contributed by atoms with Gasteiger partial charge in [-0.25, -0.2) is 0 Å². The standard InChI is InChI=1S/C54H36N2S2/c1-3-17-39(18-4-1)58(40-19-5-2-6-20-40,41-32-30-37(31-33-41)55-48-26-11-7-22-43(48)44-23-8-12-27-49(44)55)42-21-15-16-38(36-42)56-50-28-13-9-24-45(50)46-34-35-52-53(54(46)56)47-25-10-14-29-51(47)57-52/h1-36H. The zero-order chi connectivity index (χ0) is 38.2. The fourth-order valence-corrected chi connectivity index (χ4v) is 14.4. The summed E-state index contributed by atoms with van der Waals surface area (Å²) in [6, 6.07) is 81.2. The summed E-state index contributed by atoms with van der Waals surface area (Å²) in [5, 5.41) is 7.72. The van der Waals surface area contributed by atoms with Crippen LogP contribution in [0.2, 0.25) is 0 Å². The molecule has 4 heteroatoms. The molecule has 0 aliphatic rings. The van der Waals surface area contributed by atoms with Gasteiger partial charge in [0.1, 0.15) is 0 Å². The summed E-state index contributed by atoms with van der Waals surface area (Å²) in [5.74, 6) is 0. The second-order valence-corrected chi connectivity index (χ2v) is 19.1. The van der Waals surface area contributed by atoms with E-state index in [0.29, 0.717) is 0 Å². The van der Waals surface area contributed by atoms with Crippen LogP contribution in [-0.2, 0) is 0 Å². The van der Waals surface area contributed by atoms with Crippen molar-refractivity contribution in [1.29, 1.82) is 0 Å². The maximum absolute atomic E-state index is 2.53. The highest BCUT2D eigenvalue weighted by Gasteiger charge is 2.34. The van der Waals surface area contributed by atoms with Crippen molar-refractivity contribution in [3.8, 4) is 11.4 Å². The van der Waals surface area contributed by atoms with Crippen LogP contribution in [0.4, 0.5) is 0 Å². The van der Waals surface area contributed by atoms with Crippen molar-refractivity contribution in [2.24, 2.45) is 0 Å². The summed E-state index contributed by atoms with van der Waals surface area (Å²) in [6.45, 7) is 0. The molecule has 0 unspecified atom stereocenters. The molecule has 0 saturated heterocycles. The predicted molar refractivity (Wildman–Crippen MR) is 248 cm³/mol. The lowest BCUT2D eigenvalue weighted by Gasteiger charge is -2.42. The number of para-hydroxylation sites is 3. The Hall–Kier alpha value is -6.85. The molecule has 12 aromatic rings. The van der Waals surface area contributed by atoms with Crippen molar-refractivity contribution in [2.45, 2.75) is 19.6 Å². The fourth-order valence-electron chi connectivity index (χ4n) is 9.41. The Kier molecular flexibility index (Phi) is 7.52. The van der Waals surface area contributed by atoms with Crippen LogP contribution < -0.4 is 0 Å². The van der Waals surface area contributed by atoms with Crippen molar-refractivity contribution in [3.63, 3.8) is 0 Å². The molecule has 2 nitrogen and oxygen atoms in total. The third kappa shape index (κ3) is 4.80. The third-order valence-electron chi connectivity index (χ3n) is 11.8. The monoisotopic (exact) mass is 776 g/mol. The minimum atomic E-state index is -1.99. The molecule has 0 amide bonds. The van der Waals surface area contributed by atoms with Crippen LogP contribution in [0.25, 0.3) is 75.2 Å². The van der Waals surface area contributed by atoms with Crippen molar-refractivity contribution < 1.29 is 0 Å². The van der Waals surface area contributed by atoms with Gasteiger partial charge in [0.15, 0.2) is 0 Å². The van der Waals surface area contributed by atoms with Crippen LogP contribution in [-0.4, -0.2) is 9.13 Å². The molecule has 0 atom stereocenters. The van der Waals surface area contributed by atoms with E-state index in [2.05, 4.69) is 228 Å². The van der Waals surface area contributed by atoms with E-state index in [-0.39, 0.29) is 0 Å². The topological polar surface area (TPSA) is 9.86 Å². The zero-order valence-corrected chi connectivity index (χ0v) is 33.1. The van der Waals surface area contributed by atoms with Gasteiger partial charge >= 0.3 is 0 Å². The normalized spacial score (nSPS) is 12.4. The Balaban J connectivity index is 1.14. The van der Waals surface area contributed by atoms with Gasteiger partial charge in [0.25, 0.3) is 0 Å². The summed E-state index contributed by atoms with van der Waals surface area (Å²) in [6.07, 6.45) is 0. The average Bonchev–Trinajstić information content (AvgIpc) is 3.96. The van der Waals surface area contributed by atoms with Crippen LogP contribution in [0.15, 0.2) is 238 Å². The van der Waals surface area contributed by atoms with Gasteiger partial charge in [0.05, 0.1) is 22.1 Å². The lowest BCUT2D eigenvalue weighted by Crippen LogP contribution is -2.06. The Morgan fingerprint density at radius 3 is 1.45 bits per heavy atom. The van der Waals surface area contributed by atoms with E-state index in [4.69, 9.17) is 0 Å². The van der Waals surface area contributed by atoms with Gasteiger partial charge in [-0.05, 0) is 97.1 Å². The summed E-state index contributed by atoms with van der Waals surface area (Å²) in [4.78, 5) is 5.19. The summed E-state index contributed by atoms with van der Waals surface area (Å²) >= 11 is 1.88. The first-order valence-corrected chi connectivity index (χ1v) is 22.2. The molecule has 0 radical (unpaired) electrons. The predicted octanol–water partition coefficient (Wildman–Crippen LogP) is 15.6. The second kappa shape index (κ2) is 13.1. The van der Waals surface area contributed by atoms with E-state index in [9.17, 15) is 0 Å². The molecule has 0 aliphatic carbocycles. The number of hydrogen-bond donors (Lipinski definition) is 0. The smallest absolute Gasteiger partial charge is 0.0634 e. The first-order valence-electron chi connectivity index (χ1n) is 19.8. The highest BCUT2D eigenvalue weighted by Crippen LogP contribution is 2.73. The van der Waals surface area contributed by atoms with E-state index < -0.39 is 10.0 Å². The molecule has 3 heterocycles. The van der Waals surface area contributed by atoms with E-state index >= 15 is 0 Å². The molecule has 0 spiro atoms. The van der Waals surface area contributed by atoms with Gasteiger partial charge in [-0.3, -0.25) is 0 Å². The van der Waals surface area contributed by atoms with Crippen LogP contribution >= 0.6 is 21.4 Å². The highest BCUT2D eigenvalue weighted by molar-refractivity contribution is 8.34. The van der Waals surface area contributed by atoms with Crippen LogP contribution in [0.1, 0.15) is 0 Å². The molecule has 58 heavy (non-hydrogen) atoms. The Morgan fingerprint density at radius 2 is 0.810 bits per heavy atom. The van der Waals surface area contributed by atoms with Crippen LogP contribution in [0.5, 0.6) is 0 Å². The van der Waals surface area contributed by atoms with Crippen molar-refractivity contribution in [1.82, 2.24) is 9.13 Å². The quantitative estimate of drug-likeness (QED) is 0.159. The summed E-state index contributed by atoms with van der Waals surface area (Å²) in [7, 11) is -1.99. The number of rotatable bonds is 6. The van der Waals surface area contributed by atoms with Gasteiger partial charge in [0.2, 0.25) is 0 Å². The molecular weight excluding hydrogens is 741 g/mol. The van der Waals surface area contributed by atoms with Gasteiger partial charge in [-0.15, -0.1) is 21.4 Å². The van der Waals surface area contributed by atoms with Crippen molar-refractivity contribution in [3.05, 3.63) is 218 Å². The van der Waals surface area contributed by atoms with Gasteiger partial charge in [-0.2, -0.15) is 0 Å². The molecule has 9 aromatic carbocycles. The first kappa shape index (κ1) is 33.3. The van der Waals surface area contributed by atoms with E-state index in [1.807, 2.05) is 11.3 Å². The molecule has 3 aromatic heterocycles. The molecule has 0 fully saturated rings. The van der Waals surface area contributed by atoms with Crippen LogP contribution in [0.3, 0.4) is 0 Å². The van der Waals surface area contributed by atoms with Gasteiger partial charge < -0.3 is 9.13 Å².